The van der Waals surface area contributed by atoms with E-state index in [9.17, 15) is 13.2 Å². The number of hydrogen-bond acceptors (Lipinski definition) is 0. The molecule has 0 bridgehead atoms. The SMILES string of the molecule is [3H]CC(F)(F)F. The van der Waals surface area contributed by atoms with Crippen LogP contribution < -0.4 is 0 Å². The fraction of sp³-hybridized carbons (Fsp3) is 1.00. The third-order valence-corrected chi connectivity index (χ3v) is 0. The summed E-state index contributed by atoms with van der Waals surface area (Å²) >= 11 is 0. The lowest BCUT2D eigenvalue weighted by Gasteiger charge is -1.88. The molecule has 0 unspecified atom stereocenters. The zero-order valence-electron chi connectivity index (χ0n) is 3.34. The summed E-state index contributed by atoms with van der Waals surface area (Å²) in [5, 5.41) is 0. The van der Waals surface area contributed by atoms with Gasteiger partial charge in [0.05, 0.1) is 0 Å². The van der Waals surface area contributed by atoms with E-state index in [1.165, 1.54) is 0 Å². The smallest absolute Gasteiger partial charge is 0.172 e. The fourth-order valence-corrected chi connectivity index (χ4v) is 0. The van der Waals surface area contributed by atoms with Crippen LogP contribution in [-0.4, -0.2) is 6.18 Å². The Morgan fingerprint density at radius 1 is 1.60 bits per heavy atom. The molecule has 0 aromatic rings. The van der Waals surface area contributed by atoms with Gasteiger partial charge in [-0.2, -0.15) is 13.2 Å². The zero-order chi connectivity index (χ0) is 5.21. The van der Waals surface area contributed by atoms with Crippen molar-refractivity contribution in [1.82, 2.24) is 0 Å². The van der Waals surface area contributed by atoms with E-state index in [2.05, 4.69) is 0 Å². The molecule has 3 heteroatoms. The molecule has 0 aliphatic carbocycles. The Bertz CT molecular complexity index is 38.5. The third-order valence-electron chi connectivity index (χ3n) is 0. The van der Waals surface area contributed by atoms with Crippen molar-refractivity contribution in [3.8, 4) is 0 Å². The summed E-state index contributed by atoms with van der Waals surface area (Å²) < 4.78 is 37.5. The molecule has 0 aliphatic heterocycles. The van der Waals surface area contributed by atoms with Gasteiger partial charge in [-0.3, -0.25) is 0 Å². The minimum absolute atomic E-state index is 1.48. The lowest BCUT2D eigenvalue weighted by molar-refractivity contribution is -0.110. The normalized spacial score (nSPS) is 14.6. The van der Waals surface area contributed by atoms with E-state index in [4.69, 9.17) is 1.37 Å². The average Bonchev–Trinajstić information content (AvgIpc) is 1.35. The van der Waals surface area contributed by atoms with Gasteiger partial charge in [-0.05, 0) is 0 Å². The second-order valence-corrected chi connectivity index (χ2v) is 0.615. The molecule has 0 atom stereocenters. The quantitative estimate of drug-likeness (QED) is 0.419. The monoisotopic (exact) mass is 86.0 g/mol. The first kappa shape index (κ1) is 3.00. The summed E-state index contributed by atoms with van der Waals surface area (Å²) in [5.74, 6) is 0. The van der Waals surface area contributed by atoms with Crippen molar-refractivity contribution < 1.29 is 14.5 Å². The molecule has 0 amide bonds. The van der Waals surface area contributed by atoms with Gasteiger partial charge in [0.1, 0.15) is 0 Å². The van der Waals surface area contributed by atoms with Crippen LogP contribution in [0, 0.1) is 0 Å². The molecule has 0 heterocycles. The summed E-state index contributed by atoms with van der Waals surface area (Å²) in [5.41, 5.74) is 0. The van der Waals surface area contributed by atoms with Gasteiger partial charge in [0.25, 0.3) is 0 Å². The van der Waals surface area contributed by atoms with Crippen LogP contribution in [0.5, 0.6) is 0 Å². The molecule has 0 N–H and O–H groups in total. The van der Waals surface area contributed by atoms with Gasteiger partial charge in [0.2, 0.25) is 0 Å². The zero-order valence-corrected chi connectivity index (χ0v) is 2.34. The topological polar surface area (TPSA) is 0 Å². The second kappa shape index (κ2) is 0.880. The highest BCUT2D eigenvalue weighted by molar-refractivity contribution is 4.26. The molecule has 0 aromatic carbocycles. The Morgan fingerprint density at radius 3 is 1.80 bits per heavy atom. The molecule has 32 valence electrons. The molecule has 0 saturated heterocycles. The first-order chi connectivity index (χ1) is 2.56. The van der Waals surface area contributed by atoms with Crippen molar-refractivity contribution in [2.24, 2.45) is 0 Å². The summed E-state index contributed by atoms with van der Waals surface area (Å²) in [6.45, 7) is -1.48. The molecule has 0 aliphatic rings. The van der Waals surface area contributed by atoms with Crippen molar-refractivity contribution in [3.63, 3.8) is 0 Å². The molecule has 0 fully saturated rings. The van der Waals surface area contributed by atoms with Crippen LogP contribution in [0.4, 0.5) is 13.2 Å². The predicted molar refractivity (Wildman–Crippen MR) is 11.7 cm³/mol. The van der Waals surface area contributed by atoms with Crippen LogP contribution in [0.25, 0.3) is 0 Å². The fourth-order valence-electron chi connectivity index (χ4n) is 0. The maximum absolute atomic E-state index is 10.6. The van der Waals surface area contributed by atoms with Crippen molar-refractivity contribution in [1.29, 1.82) is 0 Å². The molecular formula is C2H3F3. The molecule has 5 heavy (non-hydrogen) atoms. The molecular weight excluding hydrogens is 81.0 g/mol. The Hall–Kier alpha value is -0.210. The van der Waals surface area contributed by atoms with Crippen LogP contribution in [0.15, 0.2) is 0 Å². The van der Waals surface area contributed by atoms with Gasteiger partial charge in [-0.25, -0.2) is 0 Å². The van der Waals surface area contributed by atoms with Gasteiger partial charge in [-0.15, -0.1) is 0 Å². The van der Waals surface area contributed by atoms with Gasteiger partial charge in [-0.1, -0.05) is 0 Å². The Balaban J connectivity index is 3.17. The lowest BCUT2D eigenvalue weighted by atomic mass is 10.8. The maximum atomic E-state index is 10.6. The average molecular weight is 86.0 g/mol. The predicted octanol–water partition coefficient (Wildman–Crippen LogP) is 1.57. The first-order valence-corrected chi connectivity index (χ1v) is 0.921. The van der Waals surface area contributed by atoms with E-state index in [0.29, 0.717) is 0 Å². The van der Waals surface area contributed by atoms with E-state index in [1.54, 1.807) is 0 Å². The number of alkyl halides is 3. The van der Waals surface area contributed by atoms with Gasteiger partial charge < -0.3 is 0 Å². The highest BCUT2D eigenvalue weighted by Crippen LogP contribution is 2.10. The van der Waals surface area contributed by atoms with Crippen molar-refractivity contribution in [2.75, 3.05) is 0 Å². The van der Waals surface area contributed by atoms with Crippen LogP contribution >= 0.6 is 0 Å². The van der Waals surface area contributed by atoms with E-state index < -0.39 is 13.1 Å². The van der Waals surface area contributed by atoms with E-state index in [0.717, 1.165) is 0 Å². The lowest BCUT2D eigenvalue weighted by Crippen LogP contribution is -1.95. The van der Waals surface area contributed by atoms with Crippen molar-refractivity contribution in [2.45, 2.75) is 13.1 Å². The van der Waals surface area contributed by atoms with Gasteiger partial charge in [0.15, 0.2) is 0 Å². The molecule has 0 aromatic heterocycles. The van der Waals surface area contributed by atoms with Crippen molar-refractivity contribution in [3.05, 3.63) is 0 Å². The number of rotatable bonds is 0. The summed E-state index contributed by atoms with van der Waals surface area (Å²) in [6, 6.07) is 0. The second-order valence-electron chi connectivity index (χ2n) is 0.615. The van der Waals surface area contributed by atoms with Gasteiger partial charge in [0, 0.05) is 8.27 Å². The first-order valence-electron chi connectivity index (χ1n) is 1.63. The van der Waals surface area contributed by atoms with E-state index in [1.807, 2.05) is 0 Å². The summed E-state index contributed by atoms with van der Waals surface area (Å²) in [4.78, 5) is 0. The number of halogens is 3. The van der Waals surface area contributed by atoms with Gasteiger partial charge >= 0.3 is 6.18 Å². The standard InChI is InChI=1S/C2H3F3/c1-2(3,4)5/h1H3/i1T. The molecule has 0 radical (unpaired) electrons. The third kappa shape index (κ3) is 275. The van der Waals surface area contributed by atoms with Crippen LogP contribution in [0.1, 0.15) is 8.27 Å². The van der Waals surface area contributed by atoms with Crippen molar-refractivity contribution >= 4 is 0 Å². The minimum atomic E-state index is -4.29. The Kier molecular flexibility index (Phi) is 0.528. The summed E-state index contributed by atoms with van der Waals surface area (Å²) in [6.07, 6.45) is -4.29. The highest BCUT2D eigenvalue weighted by Gasteiger charge is 2.15. The molecule has 0 saturated carbocycles. The Labute approximate surface area is 29.0 Å². The minimum Gasteiger partial charge on any atom is -0.172 e. The maximum Gasteiger partial charge on any atom is 0.386 e. The largest absolute Gasteiger partial charge is 0.386 e. The molecule has 0 rings (SSSR count). The van der Waals surface area contributed by atoms with Crippen LogP contribution in [0.3, 0.4) is 0 Å². The Morgan fingerprint density at radius 2 is 1.80 bits per heavy atom. The number of hydrogen-bond donors (Lipinski definition) is 0. The summed E-state index contributed by atoms with van der Waals surface area (Å²) in [7, 11) is 0. The highest BCUT2D eigenvalue weighted by atomic mass is 19.4. The van der Waals surface area contributed by atoms with Crippen LogP contribution in [0.2, 0.25) is 0 Å². The molecule has 0 nitrogen and oxygen atoms in total. The van der Waals surface area contributed by atoms with E-state index >= 15 is 0 Å². The van der Waals surface area contributed by atoms with Crippen LogP contribution in [-0.2, 0) is 0 Å². The molecule has 0 spiro atoms. The van der Waals surface area contributed by atoms with E-state index in [-0.39, 0.29) is 0 Å².